The average Bonchev–Trinajstić information content (AvgIpc) is 2.82. The van der Waals surface area contributed by atoms with Crippen molar-refractivity contribution in [1.82, 2.24) is 5.32 Å². The van der Waals surface area contributed by atoms with Crippen LogP contribution in [0.4, 0.5) is 0 Å². The van der Waals surface area contributed by atoms with Gasteiger partial charge in [-0.2, -0.15) is 0 Å². The van der Waals surface area contributed by atoms with Gasteiger partial charge in [-0.25, -0.2) is 0 Å². The molecule has 0 aliphatic heterocycles. The van der Waals surface area contributed by atoms with Crippen LogP contribution < -0.4 is 14.8 Å². The molecular formula is C27H45NO6. The topological polar surface area (TPSA) is 94.1 Å². The van der Waals surface area contributed by atoms with Crippen molar-refractivity contribution in [2.45, 2.75) is 84.5 Å². The van der Waals surface area contributed by atoms with Crippen LogP contribution in [0.15, 0.2) is 18.2 Å². The van der Waals surface area contributed by atoms with E-state index >= 15 is 0 Å². The molecule has 0 aliphatic carbocycles. The minimum Gasteiger partial charge on any atom is -0.490 e. The van der Waals surface area contributed by atoms with Crippen LogP contribution >= 0.6 is 0 Å². The largest absolute Gasteiger partial charge is 0.490 e. The molecule has 1 aromatic rings. The number of carboxylic acid groups (broad SMARTS) is 1. The number of aliphatic carboxylic acids is 1. The summed E-state index contributed by atoms with van der Waals surface area (Å²) < 4.78 is 16.8. The number of carboxylic acids is 1. The predicted octanol–water partition coefficient (Wildman–Crippen LogP) is 5.39. The van der Waals surface area contributed by atoms with Gasteiger partial charge in [0.15, 0.2) is 11.5 Å². The first-order valence-corrected chi connectivity index (χ1v) is 12.8. The lowest BCUT2D eigenvalue weighted by Gasteiger charge is -2.14. The van der Waals surface area contributed by atoms with Crippen molar-refractivity contribution in [3.8, 4) is 11.5 Å². The minimum atomic E-state index is -0.820. The second-order valence-corrected chi connectivity index (χ2v) is 8.82. The van der Waals surface area contributed by atoms with Crippen molar-refractivity contribution in [2.75, 3.05) is 33.5 Å². The third kappa shape index (κ3) is 14.1. The van der Waals surface area contributed by atoms with Gasteiger partial charge >= 0.3 is 5.97 Å². The molecule has 1 rings (SSSR count). The SMILES string of the molecule is CCCCNC(=O)[C@H](C)CCCCCCc1ccc(OCCCC(=O)O)c(OCCCOC)c1. The quantitative estimate of drug-likeness (QED) is 0.230. The summed E-state index contributed by atoms with van der Waals surface area (Å²) in [5.74, 6) is 0.791. The standard InChI is InChI=1S/C27H45NO6/c1-4-5-17-28-27(31)22(2)12-8-6-7-9-13-23-15-16-24(33-19-10-14-26(29)30)25(21-23)34-20-11-18-32-3/h15-16,21-22H,4-14,17-20H2,1-3H3,(H,28,31)(H,29,30)/t22-/m1/s1. The number of aryl methyl sites for hydroxylation is 1. The number of benzene rings is 1. The van der Waals surface area contributed by atoms with E-state index in [1.165, 1.54) is 5.56 Å². The van der Waals surface area contributed by atoms with E-state index in [-0.39, 0.29) is 18.2 Å². The maximum atomic E-state index is 12.0. The first-order valence-electron chi connectivity index (χ1n) is 12.8. The van der Waals surface area contributed by atoms with Crippen LogP contribution in [-0.4, -0.2) is 50.5 Å². The lowest BCUT2D eigenvalue weighted by molar-refractivity contribution is -0.137. The molecule has 0 heterocycles. The fraction of sp³-hybridized carbons (Fsp3) is 0.704. The molecule has 0 saturated carbocycles. The Labute approximate surface area is 205 Å². The number of carbonyl (C=O) groups is 2. The molecule has 194 valence electrons. The van der Waals surface area contributed by atoms with E-state index in [2.05, 4.69) is 18.3 Å². The Bertz CT molecular complexity index is 694. The van der Waals surface area contributed by atoms with E-state index < -0.39 is 5.97 Å². The summed E-state index contributed by atoms with van der Waals surface area (Å²) in [6.45, 7) is 6.43. The molecule has 0 spiro atoms. The number of amides is 1. The van der Waals surface area contributed by atoms with Gasteiger partial charge in [0.1, 0.15) is 0 Å². The number of hydrogen-bond acceptors (Lipinski definition) is 5. The van der Waals surface area contributed by atoms with Crippen LogP contribution in [0.5, 0.6) is 11.5 Å². The number of carbonyl (C=O) groups excluding carboxylic acids is 1. The second-order valence-electron chi connectivity index (χ2n) is 8.82. The Hall–Kier alpha value is -2.28. The Balaban J connectivity index is 2.41. The van der Waals surface area contributed by atoms with Crippen molar-refractivity contribution in [3.05, 3.63) is 23.8 Å². The highest BCUT2D eigenvalue weighted by molar-refractivity contribution is 5.78. The minimum absolute atomic E-state index is 0.0812. The van der Waals surface area contributed by atoms with Crippen LogP contribution in [0.2, 0.25) is 0 Å². The van der Waals surface area contributed by atoms with Crippen LogP contribution in [0, 0.1) is 5.92 Å². The van der Waals surface area contributed by atoms with Crippen LogP contribution in [0.3, 0.4) is 0 Å². The zero-order valence-electron chi connectivity index (χ0n) is 21.4. The summed E-state index contributed by atoms with van der Waals surface area (Å²) in [7, 11) is 1.67. The molecular weight excluding hydrogens is 434 g/mol. The van der Waals surface area contributed by atoms with Gasteiger partial charge in [-0.3, -0.25) is 9.59 Å². The molecule has 0 aliphatic rings. The normalized spacial score (nSPS) is 11.7. The molecule has 1 aromatic carbocycles. The molecule has 1 atom stereocenters. The fourth-order valence-corrected chi connectivity index (χ4v) is 3.56. The molecule has 0 unspecified atom stereocenters. The van der Waals surface area contributed by atoms with Crippen molar-refractivity contribution in [3.63, 3.8) is 0 Å². The van der Waals surface area contributed by atoms with Gasteiger partial charge < -0.3 is 24.6 Å². The molecule has 7 nitrogen and oxygen atoms in total. The van der Waals surface area contributed by atoms with Crippen molar-refractivity contribution in [1.29, 1.82) is 0 Å². The highest BCUT2D eigenvalue weighted by Crippen LogP contribution is 2.29. The maximum Gasteiger partial charge on any atom is 0.303 e. The van der Waals surface area contributed by atoms with E-state index in [1.807, 2.05) is 19.1 Å². The number of hydrogen-bond donors (Lipinski definition) is 2. The monoisotopic (exact) mass is 479 g/mol. The van der Waals surface area contributed by atoms with Gasteiger partial charge in [0.25, 0.3) is 0 Å². The second kappa shape index (κ2) is 19.1. The zero-order chi connectivity index (χ0) is 25.0. The van der Waals surface area contributed by atoms with Gasteiger partial charge in [0.2, 0.25) is 5.91 Å². The molecule has 0 radical (unpaired) electrons. The molecule has 2 N–H and O–H groups in total. The highest BCUT2D eigenvalue weighted by Gasteiger charge is 2.12. The molecule has 1 amide bonds. The molecule has 0 bridgehead atoms. The molecule has 7 heteroatoms. The predicted molar refractivity (Wildman–Crippen MR) is 135 cm³/mol. The average molecular weight is 480 g/mol. The smallest absolute Gasteiger partial charge is 0.303 e. The molecule has 0 saturated heterocycles. The summed E-state index contributed by atoms with van der Waals surface area (Å²) >= 11 is 0. The number of unbranched alkanes of at least 4 members (excludes halogenated alkanes) is 4. The van der Waals surface area contributed by atoms with Crippen LogP contribution in [-0.2, 0) is 20.7 Å². The lowest BCUT2D eigenvalue weighted by Crippen LogP contribution is -2.29. The Morgan fingerprint density at radius 2 is 1.68 bits per heavy atom. The summed E-state index contributed by atoms with van der Waals surface area (Å²) in [6.07, 6.45) is 9.76. The number of methoxy groups -OCH3 is 1. The summed E-state index contributed by atoms with van der Waals surface area (Å²) in [5.41, 5.74) is 1.20. The maximum absolute atomic E-state index is 12.0. The van der Waals surface area contributed by atoms with Gasteiger partial charge in [-0.1, -0.05) is 45.6 Å². The van der Waals surface area contributed by atoms with Crippen molar-refractivity contribution in [2.24, 2.45) is 5.92 Å². The van der Waals surface area contributed by atoms with Gasteiger partial charge in [-0.15, -0.1) is 0 Å². The number of rotatable bonds is 21. The van der Waals surface area contributed by atoms with Crippen molar-refractivity contribution < 1.29 is 28.9 Å². The Morgan fingerprint density at radius 3 is 2.41 bits per heavy atom. The summed E-state index contributed by atoms with van der Waals surface area (Å²) in [4.78, 5) is 22.7. The highest BCUT2D eigenvalue weighted by atomic mass is 16.5. The lowest BCUT2D eigenvalue weighted by atomic mass is 10.00. The molecule has 0 aromatic heterocycles. The summed E-state index contributed by atoms with van der Waals surface area (Å²) in [6, 6.07) is 6.00. The Kier molecular flexibility index (Phi) is 16.7. The van der Waals surface area contributed by atoms with E-state index in [0.717, 1.165) is 64.3 Å². The van der Waals surface area contributed by atoms with E-state index in [4.69, 9.17) is 19.3 Å². The van der Waals surface area contributed by atoms with Crippen LogP contribution in [0.1, 0.15) is 83.6 Å². The first-order chi connectivity index (χ1) is 16.5. The molecule has 0 fully saturated rings. The van der Waals surface area contributed by atoms with Gasteiger partial charge in [0, 0.05) is 39.0 Å². The van der Waals surface area contributed by atoms with E-state index in [0.29, 0.717) is 37.7 Å². The van der Waals surface area contributed by atoms with E-state index in [9.17, 15) is 9.59 Å². The number of ether oxygens (including phenoxy) is 3. The fourth-order valence-electron chi connectivity index (χ4n) is 3.56. The molecule has 34 heavy (non-hydrogen) atoms. The zero-order valence-corrected chi connectivity index (χ0v) is 21.4. The van der Waals surface area contributed by atoms with E-state index in [1.54, 1.807) is 7.11 Å². The first kappa shape index (κ1) is 29.8. The summed E-state index contributed by atoms with van der Waals surface area (Å²) in [5, 5.41) is 11.8. The third-order valence-corrected chi connectivity index (χ3v) is 5.68. The Morgan fingerprint density at radius 1 is 0.941 bits per heavy atom. The van der Waals surface area contributed by atoms with Crippen LogP contribution in [0.25, 0.3) is 0 Å². The third-order valence-electron chi connectivity index (χ3n) is 5.68. The number of nitrogens with one attached hydrogen (secondary N) is 1. The van der Waals surface area contributed by atoms with Crippen molar-refractivity contribution >= 4 is 11.9 Å². The van der Waals surface area contributed by atoms with Gasteiger partial charge in [-0.05, 0) is 49.8 Å². The van der Waals surface area contributed by atoms with Gasteiger partial charge in [0.05, 0.1) is 13.2 Å².